The van der Waals surface area contributed by atoms with Crippen molar-refractivity contribution in [2.24, 2.45) is 0 Å². The molecular formula is C33H43ClN4O5. The normalized spacial score (nSPS) is 20.1. The summed E-state index contributed by atoms with van der Waals surface area (Å²) >= 11 is 0. The standard InChI is InChI=1S/C33H42N4O5.ClH/c38-30(32(40)34-27-10-5-2-6-11-27)29-12-7-17-37(29)33(41)28(22-24-8-3-1-4-9-24)35-31(39)26-15-13-25(14-16-26)23-36-18-20-42-21-19-36;/h1,3-4,8-9,13-16,27-29H,2,5-7,10-12,17-23H2,(H,34,40)(H,35,39);1H/t28-,29?;/m0./s1. The highest BCUT2D eigenvalue weighted by atomic mass is 35.5. The van der Waals surface area contributed by atoms with Crippen molar-refractivity contribution >= 4 is 35.9 Å². The second kappa shape index (κ2) is 16.0. The highest BCUT2D eigenvalue weighted by molar-refractivity contribution is 6.38. The lowest BCUT2D eigenvalue weighted by Gasteiger charge is -2.29. The van der Waals surface area contributed by atoms with E-state index in [0.29, 0.717) is 24.9 Å². The number of ether oxygens (including phenoxy) is 1. The number of benzene rings is 2. The summed E-state index contributed by atoms with van der Waals surface area (Å²) in [5, 5.41) is 5.85. The van der Waals surface area contributed by atoms with Crippen molar-refractivity contribution in [3.63, 3.8) is 0 Å². The van der Waals surface area contributed by atoms with Gasteiger partial charge in [-0.05, 0) is 48.9 Å². The van der Waals surface area contributed by atoms with Gasteiger partial charge in [-0.15, -0.1) is 12.4 Å². The Hall–Kier alpha value is -3.27. The molecular weight excluding hydrogens is 568 g/mol. The van der Waals surface area contributed by atoms with Gasteiger partial charge >= 0.3 is 0 Å². The van der Waals surface area contributed by atoms with Gasteiger partial charge in [-0.1, -0.05) is 61.7 Å². The number of rotatable bonds is 10. The van der Waals surface area contributed by atoms with E-state index in [9.17, 15) is 19.2 Å². The molecule has 2 saturated heterocycles. The highest BCUT2D eigenvalue weighted by Gasteiger charge is 2.40. The minimum Gasteiger partial charge on any atom is -0.379 e. The number of likely N-dealkylation sites (tertiary alicyclic amines) is 1. The van der Waals surface area contributed by atoms with Crippen molar-refractivity contribution in [1.82, 2.24) is 20.4 Å². The van der Waals surface area contributed by atoms with Crippen LogP contribution in [0.3, 0.4) is 0 Å². The number of nitrogens with one attached hydrogen (secondary N) is 2. The van der Waals surface area contributed by atoms with E-state index in [1.807, 2.05) is 42.5 Å². The molecule has 1 saturated carbocycles. The molecule has 0 bridgehead atoms. The SMILES string of the molecule is Cl.O=C(NC1CCCCC1)C(=O)C1CCCN1C(=O)[C@H](Cc1ccccc1)NC(=O)c1ccc(CN2CCOCC2)cc1. The summed E-state index contributed by atoms with van der Waals surface area (Å²) in [5.74, 6) is -1.85. The maximum atomic E-state index is 13.9. The van der Waals surface area contributed by atoms with Crippen LogP contribution in [-0.4, -0.2) is 84.3 Å². The number of carbonyl (C=O) groups is 4. The second-order valence-corrected chi connectivity index (χ2v) is 11.7. The average Bonchev–Trinajstić information content (AvgIpc) is 3.52. The summed E-state index contributed by atoms with van der Waals surface area (Å²) in [6.45, 7) is 4.39. The summed E-state index contributed by atoms with van der Waals surface area (Å²) < 4.78 is 5.42. The molecule has 43 heavy (non-hydrogen) atoms. The number of hydrogen-bond acceptors (Lipinski definition) is 6. The molecule has 1 unspecified atom stereocenters. The lowest BCUT2D eigenvalue weighted by atomic mass is 9.95. The summed E-state index contributed by atoms with van der Waals surface area (Å²) in [5.41, 5.74) is 2.47. The van der Waals surface area contributed by atoms with Crippen LogP contribution in [0.25, 0.3) is 0 Å². The number of amides is 3. The van der Waals surface area contributed by atoms with Crippen molar-refractivity contribution in [1.29, 1.82) is 0 Å². The first-order chi connectivity index (χ1) is 20.5. The zero-order valence-corrected chi connectivity index (χ0v) is 25.5. The maximum absolute atomic E-state index is 13.9. The number of ketones is 1. The first-order valence-corrected chi connectivity index (χ1v) is 15.4. The van der Waals surface area contributed by atoms with Crippen LogP contribution in [0.1, 0.15) is 66.4 Å². The molecule has 3 aliphatic rings. The molecule has 3 fully saturated rings. The molecule has 1 aliphatic carbocycles. The fraction of sp³-hybridized carbons (Fsp3) is 0.515. The van der Waals surface area contributed by atoms with Gasteiger partial charge in [0.25, 0.3) is 11.8 Å². The van der Waals surface area contributed by atoms with Crippen molar-refractivity contribution in [3.05, 3.63) is 71.3 Å². The first kappa shape index (κ1) is 32.6. The van der Waals surface area contributed by atoms with E-state index in [4.69, 9.17) is 4.74 Å². The van der Waals surface area contributed by atoms with Crippen LogP contribution in [0.5, 0.6) is 0 Å². The zero-order chi connectivity index (χ0) is 29.3. The third-order valence-corrected chi connectivity index (χ3v) is 8.61. The van der Waals surface area contributed by atoms with Crippen molar-refractivity contribution < 1.29 is 23.9 Å². The summed E-state index contributed by atoms with van der Waals surface area (Å²) in [6.07, 6.45) is 6.37. The molecule has 10 heteroatoms. The van der Waals surface area contributed by atoms with Crippen molar-refractivity contribution in [3.8, 4) is 0 Å². The van der Waals surface area contributed by atoms with Gasteiger partial charge in [0.1, 0.15) is 12.1 Å². The van der Waals surface area contributed by atoms with Crippen LogP contribution in [0.15, 0.2) is 54.6 Å². The van der Waals surface area contributed by atoms with E-state index >= 15 is 0 Å². The predicted molar refractivity (Wildman–Crippen MR) is 166 cm³/mol. The van der Waals surface area contributed by atoms with E-state index in [1.54, 1.807) is 12.1 Å². The van der Waals surface area contributed by atoms with E-state index in [1.165, 1.54) is 4.90 Å². The number of hydrogen-bond donors (Lipinski definition) is 2. The molecule has 2 N–H and O–H groups in total. The van der Waals surface area contributed by atoms with Crippen molar-refractivity contribution in [2.75, 3.05) is 32.8 Å². The quantitative estimate of drug-likeness (QED) is 0.400. The molecule has 2 atom stereocenters. The van der Waals surface area contributed by atoms with Gasteiger partial charge in [0.05, 0.1) is 13.2 Å². The van der Waals surface area contributed by atoms with Crippen LogP contribution in [-0.2, 0) is 32.1 Å². The monoisotopic (exact) mass is 610 g/mol. The Morgan fingerprint density at radius 2 is 1.51 bits per heavy atom. The zero-order valence-electron chi connectivity index (χ0n) is 24.7. The molecule has 2 aromatic carbocycles. The van der Waals surface area contributed by atoms with Gasteiger partial charge in [-0.2, -0.15) is 0 Å². The molecule has 0 radical (unpaired) electrons. The minimum atomic E-state index is -0.872. The Labute approximate surface area is 260 Å². The van der Waals surface area contributed by atoms with Crippen LogP contribution < -0.4 is 10.6 Å². The van der Waals surface area contributed by atoms with Gasteiger partial charge in [0.2, 0.25) is 11.7 Å². The van der Waals surface area contributed by atoms with Crippen LogP contribution in [0, 0.1) is 0 Å². The topological polar surface area (TPSA) is 108 Å². The molecule has 2 aromatic rings. The minimum absolute atomic E-state index is 0. The summed E-state index contributed by atoms with van der Waals surface area (Å²) in [7, 11) is 0. The maximum Gasteiger partial charge on any atom is 0.289 e. The van der Waals surface area contributed by atoms with E-state index < -0.39 is 23.8 Å². The summed E-state index contributed by atoms with van der Waals surface area (Å²) in [4.78, 5) is 57.2. The highest BCUT2D eigenvalue weighted by Crippen LogP contribution is 2.22. The van der Waals surface area contributed by atoms with Crippen LogP contribution >= 0.6 is 12.4 Å². The fourth-order valence-corrected chi connectivity index (χ4v) is 6.23. The molecule has 2 aliphatic heterocycles. The van der Waals surface area contributed by atoms with Gasteiger partial charge in [0.15, 0.2) is 0 Å². The molecule has 2 heterocycles. The van der Waals surface area contributed by atoms with Gasteiger partial charge in [-0.25, -0.2) is 0 Å². The van der Waals surface area contributed by atoms with Crippen molar-refractivity contribution in [2.45, 2.75) is 76.0 Å². The summed E-state index contributed by atoms with van der Waals surface area (Å²) in [6, 6.07) is 15.3. The van der Waals surface area contributed by atoms with E-state index in [-0.39, 0.29) is 36.7 Å². The number of nitrogens with zero attached hydrogens (tertiary/aromatic N) is 2. The van der Waals surface area contributed by atoms with Crippen LogP contribution in [0.2, 0.25) is 0 Å². The van der Waals surface area contributed by atoms with Gasteiger partial charge < -0.3 is 20.3 Å². The van der Waals surface area contributed by atoms with Gasteiger partial charge in [-0.3, -0.25) is 24.1 Å². The molecule has 9 nitrogen and oxygen atoms in total. The first-order valence-electron chi connectivity index (χ1n) is 15.4. The smallest absolute Gasteiger partial charge is 0.289 e. The number of Topliss-reactive ketones (excluding diaryl/α,β-unsaturated/α-hetero) is 1. The molecule has 5 rings (SSSR count). The molecule has 3 amide bonds. The lowest BCUT2D eigenvalue weighted by molar-refractivity contribution is -0.145. The molecule has 232 valence electrons. The predicted octanol–water partition coefficient (Wildman–Crippen LogP) is 3.29. The third-order valence-electron chi connectivity index (χ3n) is 8.61. The van der Waals surface area contributed by atoms with Gasteiger partial charge in [0, 0.05) is 44.2 Å². The Balaban J connectivity index is 0.00000423. The molecule has 0 spiro atoms. The Morgan fingerprint density at radius 1 is 0.814 bits per heavy atom. The van der Waals surface area contributed by atoms with E-state index in [0.717, 1.165) is 76.1 Å². The Morgan fingerprint density at radius 3 is 2.21 bits per heavy atom. The molecule has 0 aromatic heterocycles. The van der Waals surface area contributed by atoms with E-state index in [2.05, 4.69) is 15.5 Å². The average molecular weight is 611 g/mol. The third kappa shape index (κ3) is 8.87. The second-order valence-electron chi connectivity index (χ2n) is 11.7. The Bertz CT molecular complexity index is 1230. The van der Waals surface area contributed by atoms with Crippen LogP contribution in [0.4, 0.5) is 0 Å². The lowest BCUT2D eigenvalue weighted by Crippen LogP contribution is -2.55. The fourth-order valence-electron chi connectivity index (χ4n) is 6.23. The number of halogens is 1. The Kier molecular flexibility index (Phi) is 12.1. The largest absolute Gasteiger partial charge is 0.379 e. The number of morpholine rings is 1. The number of carbonyl (C=O) groups excluding carboxylic acids is 4.